The van der Waals surface area contributed by atoms with Gasteiger partial charge in [-0.3, -0.25) is 9.78 Å². The van der Waals surface area contributed by atoms with Crippen LogP contribution in [0.2, 0.25) is 0 Å². The van der Waals surface area contributed by atoms with Crippen molar-refractivity contribution < 1.29 is 9.53 Å². The van der Waals surface area contributed by atoms with Gasteiger partial charge in [-0.25, -0.2) is 0 Å². The van der Waals surface area contributed by atoms with Crippen LogP contribution < -0.4 is 4.74 Å². The molecule has 0 spiro atoms. The summed E-state index contributed by atoms with van der Waals surface area (Å²) in [5.74, 6) is 0.937. The minimum atomic E-state index is 0.117. The van der Waals surface area contributed by atoms with Crippen LogP contribution in [0.25, 0.3) is 0 Å². The number of aromatic nitrogens is 1. The predicted molar refractivity (Wildman–Crippen MR) is 69.9 cm³/mol. The van der Waals surface area contributed by atoms with Gasteiger partial charge in [-0.05, 0) is 36.2 Å². The molecule has 3 nitrogen and oxygen atoms in total. The van der Waals surface area contributed by atoms with E-state index in [4.69, 9.17) is 4.74 Å². The number of nitrogens with zero attached hydrogens (tertiary/aromatic N) is 1. The molecule has 1 heterocycles. The molecule has 92 valence electrons. The third-order valence-corrected chi connectivity index (χ3v) is 2.76. The standard InChI is InChI=1S/C15H15NO2/c1-18-14-6-2-4-12(10-14)7-8-15(17)13-5-3-9-16-11-13/h2-6,9-11H,7-8H2,1H3. The average Bonchev–Trinajstić information content (AvgIpc) is 2.46. The van der Waals surface area contributed by atoms with Gasteiger partial charge >= 0.3 is 0 Å². The van der Waals surface area contributed by atoms with E-state index in [0.717, 1.165) is 11.3 Å². The van der Waals surface area contributed by atoms with Crippen LogP contribution in [0.15, 0.2) is 48.8 Å². The van der Waals surface area contributed by atoms with Crippen molar-refractivity contribution in [1.29, 1.82) is 0 Å². The van der Waals surface area contributed by atoms with Gasteiger partial charge < -0.3 is 4.74 Å². The second kappa shape index (κ2) is 5.96. The van der Waals surface area contributed by atoms with E-state index in [1.807, 2.05) is 24.3 Å². The summed E-state index contributed by atoms with van der Waals surface area (Å²) >= 11 is 0. The van der Waals surface area contributed by atoms with Crippen molar-refractivity contribution in [2.24, 2.45) is 0 Å². The molecule has 0 aliphatic heterocycles. The van der Waals surface area contributed by atoms with Gasteiger partial charge in [0.2, 0.25) is 0 Å². The van der Waals surface area contributed by atoms with Gasteiger partial charge in [-0.1, -0.05) is 12.1 Å². The second-order valence-corrected chi connectivity index (χ2v) is 4.02. The largest absolute Gasteiger partial charge is 0.497 e. The fraction of sp³-hybridized carbons (Fsp3) is 0.200. The minimum absolute atomic E-state index is 0.117. The molecule has 3 heteroatoms. The summed E-state index contributed by atoms with van der Waals surface area (Å²) in [7, 11) is 1.64. The third kappa shape index (κ3) is 3.17. The molecule has 0 saturated carbocycles. The maximum Gasteiger partial charge on any atom is 0.164 e. The van der Waals surface area contributed by atoms with Crippen molar-refractivity contribution in [3.8, 4) is 5.75 Å². The lowest BCUT2D eigenvalue weighted by Crippen LogP contribution is -2.01. The summed E-state index contributed by atoms with van der Waals surface area (Å²) in [5, 5.41) is 0. The zero-order chi connectivity index (χ0) is 12.8. The van der Waals surface area contributed by atoms with Crippen molar-refractivity contribution in [2.45, 2.75) is 12.8 Å². The Labute approximate surface area is 106 Å². The first kappa shape index (κ1) is 12.3. The second-order valence-electron chi connectivity index (χ2n) is 4.02. The van der Waals surface area contributed by atoms with Crippen molar-refractivity contribution >= 4 is 5.78 Å². The van der Waals surface area contributed by atoms with Gasteiger partial charge in [0.25, 0.3) is 0 Å². The normalized spacial score (nSPS) is 10.1. The molecule has 0 atom stereocenters. The van der Waals surface area contributed by atoms with Crippen LogP contribution in [0, 0.1) is 0 Å². The summed E-state index contributed by atoms with van der Waals surface area (Å²) in [6, 6.07) is 11.4. The van der Waals surface area contributed by atoms with E-state index in [0.29, 0.717) is 18.4 Å². The molecule has 0 fully saturated rings. The Morgan fingerprint density at radius 3 is 2.89 bits per heavy atom. The molecular formula is C15H15NO2. The number of carbonyl (C=O) groups excluding carboxylic acids is 1. The molecule has 0 amide bonds. The van der Waals surface area contributed by atoms with Crippen molar-refractivity contribution in [3.63, 3.8) is 0 Å². The Morgan fingerprint density at radius 1 is 1.28 bits per heavy atom. The maximum atomic E-state index is 11.9. The Kier molecular flexibility index (Phi) is 4.07. The molecule has 0 radical (unpaired) electrons. The lowest BCUT2D eigenvalue weighted by atomic mass is 10.0. The number of aryl methyl sites for hydroxylation is 1. The minimum Gasteiger partial charge on any atom is -0.497 e. The summed E-state index contributed by atoms with van der Waals surface area (Å²) < 4.78 is 5.15. The molecule has 18 heavy (non-hydrogen) atoms. The summed E-state index contributed by atoms with van der Waals surface area (Å²) in [6.07, 6.45) is 4.47. The lowest BCUT2D eigenvalue weighted by Gasteiger charge is -2.04. The Morgan fingerprint density at radius 2 is 2.17 bits per heavy atom. The van der Waals surface area contributed by atoms with Crippen molar-refractivity contribution in [2.75, 3.05) is 7.11 Å². The van der Waals surface area contributed by atoms with Gasteiger partial charge in [0, 0.05) is 24.4 Å². The van der Waals surface area contributed by atoms with Crippen LogP contribution in [-0.2, 0) is 6.42 Å². The van der Waals surface area contributed by atoms with Crippen LogP contribution in [0.5, 0.6) is 5.75 Å². The number of pyridine rings is 1. The highest BCUT2D eigenvalue weighted by Crippen LogP contribution is 2.14. The van der Waals surface area contributed by atoms with Gasteiger partial charge in [0.1, 0.15) is 5.75 Å². The fourth-order valence-electron chi connectivity index (χ4n) is 1.76. The Bertz CT molecular complexity index is 523. The highest BCUT2D eigenvalue weighted by atomic mass is 16.5. The highest BCUT2D eigenvalue weighted by Gasteiger charge is 2.06. The van der Waals surface area contributed by atoms with Crippen LogP contribution >= 0.6 is 0 Å². The number of hydrogen-bond acceptors (Lipinski definition) is 3. The van der Waals surface area contributed by atoms with E-state index in [1.165, 1.54) is 0 Å². The number of benzene rings is 1. The number of ketones is 1. The van der Waals surface area contributed by atoms with Gasteiger partial charge in [0.05, 0.1) is 7.11 Å². The van der Waals surface area contributed by atoms with Gasteiger partial charge in [-0.15, -0.1) is 0 Å². The summed E-state index contributed by atoms with van der Waals surface area (Å²) in [6.45, 7) is 0. The van der Waals surface area contributed by atoms with E-state index >= 15 is 0 Å². The summed E-state index contributed by atoms with van der Waals surface area (Å²) in [5.41, 5.74) is 1.77. The first-order chi connectivity index (χ1) is 8.79. The fourth-order valence-corrected chi connectivity index (χ4v) is 1.76. The number of hydrogen-bond donors (Lipinski definition) is 0. The number of methoxy groups -OCH3 is 1. The van der Waals surface area contributed by atoms with Gasteiger partial charge in [-0.2, -0.15) is 0 Å². The topological polar surface area (TPSA) is 39.2 Å². The number of Topliss-reactive ketones (excluding diaryl/α,β-unsaturated/α-hetero) is 1. The molecule has 2 aromatic rings. The third-order valence-electron chi connectivity index (χ3n) is 2.76. The van der Waals surface area contributed by atoms with E-state index in [-0.39, 0.29) is 5.78 Å². The van der Waals surface area contributed by atoms with E-state index in [1.54, 1.807) is 31.6 Å². The monoisotopic (exact) mass is 241 g/mol. The molecular weight excluding hydrogens is 226 g/mol. The average molecular weight is 241 g/mol. The molecule has 0 N–H and O–H groups in total. The first-order valence-corrected chi connectivity index (χ1v) is 5.86. The van der Waals surface area contributed by atoms with Gasteiger partial charge in [0.15, 0.2) is 5.78 Å². The van der Waals surface area contributed by atoms with E-state index < -0.39 is 0 Å². The first-order valence-electron chi connectivity index (χ1n) is 5.86. The molecule has 1 aromatic carbocycles. The van der Waals surface area contributed by atoms with Crippen LogP contribution in [-0.4, -0.2) is 17.9 Å². The summed E-state index contributed by atoms with van der Waals surface area (Å²) in [4.78, 5) is 15.8. The number of ether oxygens (including phenoxy) is 1. The van der Waals surface area contributed by atoms with Crippen molar-refractivity contribution in [3.05, 3.63) is 59.9 Å². The van der Waals surface area contributed by atoms with Crippen LogP contribution in [0.4, 0.5) is 0 Å². The zero-order valence-electron chi connectivity index (χ0n) is 10.3. The molecule has 0 unspecified atom stereocenters. The quantitative estimate of drug-likeness (QED) is 0.755. The van der Waals surface area contributed by atoms with Crippen molar-refractivity contribution in [1.82, 2.24) is 4.98 Å². The SMILES string of the molecule is COc1cccc(CCC(=O)c2cccnc2)c1. The zero-order valence-corrected chi connectivity index (χ0v) is 10.3. The molecule has 1 aromatic heterocycles. The maximum absolute atomic E-state index is 11.9. The van der Waals surface area contributed by atoms with Crippen LogP contribution in [0.1, 0.15) is 22.3 Å². The number of carbonyl (C=O) groups is 1. The number of rotatable bonds is 5. The highest BCUT2D eigenvalue weighted by molar-refractivity contribution is 5.95. The molecule has 0 bridgehead atoms. The molecule has 0 aliphatic carbocycles. The Balaban J connectivity index is 1.97. The smallest absolute Gasteiger partial charge is 0.164 e. The molecule has 0 aliphatic rings. The van der Waals surface area contributed by atoms with Crippen LogP contribution in [0.3, 0.4) is 0 Å². The predicted octanol–water partition coefficient (Wildman–Crippen LogP) is 2.91. The Hall–Kier alpha value is -2.16. The van der Waals surface area contributed by atoms with E-state index in [2.05, 4.69) is 4.98 Å². The molecule has 2 rings (SSSR count). The van der Waals surface area contributed by atoms with E-state index in [9.17, 15) is 4.79 Å². The lowest BCUT2D eigenvalue weighted by molar-refractivity contribution is 0.0982. The molecule has 0 saturated heterocycles.